The molecule has 8 atom stereocenters. The third-order valence-electron chi connectivity index (χ3n) is 16.4. The van der Waals surface area contributed by atoms with Crippen molar-refractivity contribution in [2.24, 2.45) is 17.3 Å². The predicted molar refractivity (Wildman–Crippen MR) is 311 cm³/mol. The zero-order valence-corrected chi connectivity index (χ0v) is 45.4. The summed E-state index contributed by atoms with van der Waals surface area (Å²) >= 11 is 0. The highest BCUT2D eigenvalue weighted by atomic mass is 16.5. The number of fused-ring (bicyclic) bond motifs is 3. The second-order valence-electron chi connectivity index (χ2n) is 21.3. The summed E-state index contributed by atoms with van der Waals surface area (Å²) < 4.78 is 18.3. The number of esters is 1. The number of morpholine rings is 2. The maximum atomic E-state index is 17.1. The number of aliphatic hydroxyl groups is 1. The van der Waals surface area contributed by atoms with Crippen LogP contribution in [0, 0.1) is 29.1 Å². The van der Waals surface area contributed by atoms with E-state index in [9.17, 15) is 5.11 Å². The number of anilines is 1. The number of amides is 3. The molecule has 5 aliphatic rings. The Morgan fingerprint density at radius 2 is 1.62 bits per heavy atom. The van der Waals surface area contributed by atoms with E-state index in [1.807, 2.05) is 190 Å². The number of ether oxygens (including phenoxy) is 3. The van der Waals surface area contributed by atoms with Gasteiger partial charge in [-0.15, -0.1) is 0 Å². The zero-order chi connectivity index (χ0) is 55.8. The topological polar surface area (TPSA) is 138 Å². The van der Waals surface area contributed by atoms with Crippen LogP contribution in [0.2, 0.25) is 0 Å². The van der Waals surface area contributed by atoms with Crippen LogP contribution >= 0.6 is 0 Å². The van der Waals surface area contributed by atoms with Crippen LogP contribution in [0.5, 0.6) is 5.75 Å². The molecule has 80 heavy (non-hydrogen) atoms. The number of ketones is 1. The maximum absolute atomic E-state index is 17.1. The van der Waals surface area contributed by atoms with Gasteiger partial charge in [-0.2, -0.15) is 0 Å². The molecule has 4 fully saturated rings. The highest BCUT2D eigenvalue weighted by Gasteiger charge is 2.80. The minimum absolute atomic E-state index is 0.0271. The molecule has 10 rings (SSSR count). The molecule has 4 heterocycles. The Hall–Kier alpha value is -8.34. The fourth-order valence-corrected chi connectivity index (χ4v) is 12.9. The Bertz CT molecular complexity index is 3300. The molecule has 2 N–H and O–H groups in total. The van der Waals surface area contributed by atoms with Gasteiger partial charge in [-0.25, -0.2) is 9.59 Å². The van der Waals surface area contributed by atoms with E-state index >= 15 is 19.2 Å². The van der Waals surface area contributed by atoms with Crippen molar-refractivity contribution < 1.29 is 38.5 Å². The number of benzene rings is 5. The predicted octanol–water partition coefficient (Wildman–Crippen LogP) is 10.5. The lowest BCUT2D eigenvalue weighted by molar-refractivity contribution is -0.158. The Morgan fingerprint density at radius 3 is 2.34 bits per heavy atom. The number of aliphatic hydroxyl groups excluding tert-OH is 1. The minimum atomic E-state index is -1.72. The fourth-order valence-electron chi connectivity index (χ4n) is 12.9. The van der Waals surface area contributed by atoms with Crippen LogP contribution in [-0.2, 0) is 36.7 Å². The Balaban J connectivity index is 1.20. The van der Waals surface area contributed by atoms with Gasteiger partial charge in [0.05, 0.1) is 43.4 Å². The number of carbonyl (C=O) groups excluding carboxylic acids is 4. The third kappa shape index (κ3) is 11.0. The van der Waals surface area contributed by atoms with Crippen molar-refractivity contribution in [2.45, 2.75) is 69.2 Å². The quantitative estimate of drug-likeness (QED) is 0.0526. The second-order valence-corrected chi connectivity index (χ2v) is 21.3. The van der Waals surface area contributed by atoms with E-state index < -0.39 is 64.9 Å². The van der Waals surface area contributed by atoms with Gasteiger partial charge in [0, 0.05) is 61.0 Å². The minimum Gasteiger partial charge on any atom is -0.491 e. The number of rotatable bonds is 17. The molecule has 0 aromatic heterocycles. The molecule has 0 saturated carbocycles. The molecule has 5 aromatic rings. The van der Waals surface area contributed by atoms with Gasteiger partial charge in [0.25, 0.3) is 0 Å². The summed E-state index contributed by atoms with van der Waals surface area (Å²) in [7, 11) is 0. The Kier molecular flexibility index (Phi) is 16.7. The SMILES string of the molecule is C=CC(=C)/C=C/CC#CC1=CC2C(C=C1)N(C(=O)N[C@H](C)c1ccccc1)C(=O)[C@@]21[C@@H](CC(=O)Cc2ccc(N3CCOCC3)cc2)[C@@H]2C(=O)O/C(=C\c3ccccc3)[C@@H](c3ccccc3)N2[C@]1(C)Cc1cccc(OCCO)c1. The van der Waals surface area contributed by atoms with Crippen LogP contribution in [0.4, 0.5) is 10.5 Å². The average molecular weight is 1070 g/mol. The number of cyclic esters (lactones) is 1. The van der Waals surface area contributed by atoms with E-state index in [1.54, 1.807) is 6.08 Å². The van der Waals surface area contributed by atoms with Crippen LogP contribution in [-0.4, -0.2) is 95.7 Å². The molecule has 4 aliphatic heterocycles. The van der Waals surface area contributed by atoms with Gasteiger partial charge in [-0.3, -0.25) is 19.4 Å². The summed E-state index contributed by atoms with van der Waals surface area (Å²) in [6.07, 6.45) is 13.4. The summed E-state index contributed by atoms with van der Waals surface area (Å²) in [5, 5.41) is 13.0. The first kappa shape index (κ1) is 55.0. The number of nitrogens with one attached hydrogen (secondary N) is 1. The second kappa shape index (κ2) is 24.4. The van der Waals surface area contributed by atoms with E-state index in [4.69, 9.17) is 14.2 Å². The smallest absolute Gasteiger partial charge is 0.328 e. The number of carbonyl (C=O) groups is 4. The van der Waals surface area contributed by atoms with E-state index in [1.165, 1.54) is 4.90 Å². The van der Waals surface area contributed by atoms with Gasteiger partial charge < -0.3 is 29.5 Å². The maximum Gasteiger partial charge on any atom is 0.328 e. The zero-order valence-electron chi connectivity index (χ0n) is 45.4. The van der Waals surface area contributed by atoms with E-state index in [-0.39, 0.29) is 38.3 Å². The van der Waals surface area contributed by atoms with Crippen molar-refractivity contribution in [3.05, 3.63) is 234 Å². The molecule has 12 heteroatoms. The molecule has 4 saturated heterocycles. The van der Waals surface area contributed by atoms with Crippen LogP contribution in [0.15, 0.2) is 206 Å². The van der Waals surface area contributed by atoms with Gasteiger partial charge in [-0.05, 0) is 90.1 Å². The molecule has 0 radical (unpaired) electrons. The summed E-state index contributed by atoms with van der Waals surface area (Å²) in [6, 6.07) is 40.6. The number of imide groups is 1. The van der Waals surface area contributed by atoms with Crippen LogP contribution in [0.25, 0.3) is 6.08 Å². The number of urea groups is 1. The van der Waals surface area contributed by atoms with Crippen LogP contribution in [0.3, 0.4) is 0 Å². The summed E-state index contributed by atoms with van der Waals surface area (Å²) in [6.45, 7) is 14.4. The first-order valence-electron chi connectivity index (χ1n) is 27.6. The lowest BCUT2D eigenvalue weighted by Crippen LogP contribution is -2.62. The Morgan fingerprint density at radius 1 is 0.912 bits per heavy atom. The standard InChI is InChI=1S/C68H68N4O8/c1-5-47(2)19-10-6-11-22-50-31-34-60-58(43-50)68(65(76)71(60)66(77)69-48(3)53-24-14-8-15-25-53)59(45-56(74)41-51-29-32-55(33-30-51)70-35-38-78-39-36-70)63-64(75)80-61(44-49-20-12-7-13-21-49)62(54-26-16-9-17-27-54)72(63)67(68,4)46-52-23-18-28-57(42-52)79-40-37-73/h5,7-10,12-21,23-34,42-44,48,58-60,62-63,73H,1-2,6,35-41,45-46H2,3-4H3,(H,69,77)/b19-10+,61-44-/t48-,58?,59+,60?,62-,63-,67-,68+/m1/s1. The summed E-state index contributed by atoms with van der Waals surface area (Å²) in [4.78, 5) is 69.6. The number of hydrogen-bond donors (Lipinski definition) is 2. The van der Waals surface area contributed by atoms with Gasteiger partial charge >= 0.3 is 12.0 Å². The van der Waals surface area contributed by atoms with E-state index in [0.717, 1.165) is 52.2 Å². The molecule has 2 unspecified atom stereocenters. The fraction of sp³-hybridized carbons (Fsp3) is 0.294. The van der Waals surface area contributed by atoms with Crippen molar-refractivity contribution in [3.8, 4) is 17.6 Å². The molecule has 3 amide bonds. The van der Waals surface area contributed by atoms with Crippen molar-refractivity contribution in [1.82, 2.24) is 15.1 Å². The molecule has 12 nitrogen and oxygen atoms in total. The number of Topliss-reactive ketones (excluding diaryl/α,β-unsaturated/α-hetero) is 1. The van der Waals surface area contributed by atoms with Gasteiger partial charge in [0.15, 0.2) is 0 Å². The van der Waals surface area contributed by atoms with Crippen molar-refractivity contribution in [3.63, 3.8) is 0 Å². The monoisotopic (exact) mass is 1070 g/mol. The van der Waals surface area contributed by atoms with Crippen LogP contribution < -0.4 is 15.0 Å². The summed E-state index contributed by atoms with van der Waals surface area (Å²) in [5.74, 6) is 4.30. The third-order valence-corrected chi connectivity index (χ3v) is 16.4. The first-order chi connectivity index (χ1) is 38.9. The van der Waals surface area contributed by atoms with Gasteiger partial charge in [-0.1, -0.05) is 171 Å². The van der Waals surface area contributed by atoms with E-state index in [0.29, 0.717) is 36.7 Å². The normalized spacial score (nSPS) is 25.1. The molecule has 408 valence electrons. The number of likely N-dealkylation sites (tertiary alicyclic amines) is 1. The highest BCUT2D eigenvalue weighted by Crippen LogP contribution is 2.68. The highest BCUT2D eigenvalue weighted by molar-refractivity contribution is 6.04. The summed E-state index contributed by atoms with van der Waals surface area (Å²) in [5.41, 5.74) is 3.26. The molecule has 5 aromatic carbocycles. The molecule has 1 spiro atoms. The van der Waals surface area contributed by atoms with Crippen LogP contribution in [0.1, 0.15) is 66.6 Å². The molecular formula is C68H68N4O8. The Labute approximate surface area is 469 Å². The van der Waals surface area contributed by atoms with Crippen molar-refractivity contribution in [2.75, 3.05) is 44.4 Å². The average Bonchev–Trinajstić information content (AvgIpc) is 3.99. The molecule has 1 aliphatic carbocycles. The molecular weight excluding hydrogens is 1000 g/mol. The number of nitrogens with zero attached hydrogens (tertiary/aromatic N) is 3. The van der Waals surface area contributed by atoms with Crippen molar-refractivity contribution >= 4 is 35.5 Å². The first-order valence-corrected chi connectivity index (χ1v) is 27.6. The van der Waals surface area contributed by atoms with Crippen molar-refractivity contribution in [1.29, 1.82) is 0 Å². The lowest BCUT2D eigenvalue weighted by atomic mass is 9.54. The number of hydrogen-bond acceptors (Lipinski definition) is 10. The lowest BCUT2D eigenvalue weighted by Gasteiger charge is -2.51. The van der Waals surface area contributed by atoms with E-state index in [2.05, 4.69) is 40.1 Å². The van der Waals surface area contributed by atoms with Gasteiger partial charge in [0.2, 0.25) is 5.91 Å². The van der Waals surface area contributed by atoms with Gasteiger partial charge in [0.1, 0.15) is 29.9 Å². The largest absolute Gasteiger partial charge is 0.491 e. The number of allylic oxidation sites excluding steroid dienone is 6. The molecule has 0 bridgehead atoms.